The van der Waals surface area contributed by atoms with E-state index in [4.69, 9.17) is 0 Å². The SMILES string of the molecule is C[CH-]c1cc(CNS(=O)[O-])ccc1N([C-]=O)CCC.[Y]. The van der Waals surface area contributed by atoms with Gasteiger partial charge in [0.2, 0.25) is 0 Å². The predicted molar refractivity (Wildman–Crippen MR) is 74.6 cm³/mol. The molecule has 1 atom stereocenters. The minimum Gasteiger partial charge on any atom is -0.760 e. The number of benzene rings is 1. The van der Waals surface area contributed by atoms with Gasteiger partial charge < -0.3 is 14.2 Å². The summed E-state index contributed by atoms with van der Waals surface area (Å²) in [5.41, 5.74) is 2.50. The standard InChI is InChI=1S/C13H18N2O3S.Y/c1-3-7-15(10-16)13-6-5-11(8-12(13)4-2)9-14-19(17)18;/h4-6,8,14H,3,7,9H2,1-2H3,(H,17,18);/q-2;/p-1. The summed E-state index contributed by atoms with van der Waals surface area (Å²) in [5.74, 6) is 0. The van der Waals surface area contributed by atoms with E-state index in [1.165, 1.54) is 4.90 Å². The Morgan fingerprint density at radius 2 is 2.20 bits per heavy atom. The summed E-state index contributed by atoms with van der Waals surface area (Å²) in [6.07, 6.45) is 4.64. The third-order valence-corrected chi connectivity index (χ3v) is 3.03. The molecule has 0 aliphatic rings. The van der Waals surface area contributed by atoms with E-state index < -0.39 is 11.3 Å². The number of anilines is 1. The maximum absolute atomic E-state index is 11.0. The van der Waals surface area contributed by atoms with Crippen molar-refractivity contribution in [1.29, 1.82) is 0 Å². The number of amides is 1. The molecule has 1 N–H and O–H groups in total. The molecule has 0 spiro atoms. The minimum absolute atomic E-state index is 0. The quantitative estimate of drug-likeness (QED) is 0.427. The molecular formula is C13H17N2O3SY-3. The van der Waals surface area contributed by atoms with Gasteiger partial charge in [-0.05, 0) is 13.0 Å². The van der Waals surface area contributed by atoms with Crippen molar-refractivity contribution in [3.05, 3.63) is 35.7 Å². The molecule has 0 aliphatic heterocycles. The van der Waals surface area contributed by atoms with Gasteiger partial charge in [-0.1, -0.05) is 25.5 Å². The normalized spacial score (nSPS) is 11.3. The number of hydrogen-bond acceptors (Lipinski definition) is 3. The van der Waals surface area contributed by atoms with Crippen molar-refractivity contribution in [2.75, 3.05) is 11.4 Å². The Balaban J connectivity index is 0.00000361. The van der Waals surface area contributed by atoms with Crippen LogP contribution in [0.3, 0.4) is 0 Å². The van der Waals surface area contributed by atoms with Crippen LogP contribution in [0.2, 0.25) is 0 Å². The molecule has 1 rings (SSSR count). The van der Waals surface area contributed by atoms with Gasteiger partial charge in [-0.3, -0.25) is 4.21 Å². The second kappa shape index (κ2) is 10.5. The zero-order chi connectivity index (χ0) is 14.3. The molecule has 0 saturated heterocycles. The summed E-state index contributed by atoms with van der Waals surface area (Å²) in [7, 11) is 0. The molecule has 0 heterocycles. The third kappa shape index (κ3) is 6.01. The first-order valence-corrected chi connectivity index (χ1v) is 7.10. The second-order valence-corrected chi connectivity index (χ2v) is 4.74. The summed E-state index contributed by atoms with van der Waals surface area (Å²) < 4.78 is 23.2. The van der Waals surface area contributed by atoms with Gasteiger partial charge in [-0.2, -0.15) is 18.1 Å². The molecular weight excluding hydrogens is 353 g/mol. The van der Waals surface area contributed by atoms with Crippen LogP contribution in [0.4, 0.5) is 5.69 Å². The minimum atomic E-state index is -2.28. The molecule has 1 unspecified atom stereocenters. The van der Waals surface area contributed by atoms with Gasteiger partial charge in [-0.25, -0.2) is 4.72 Å². The van der Waals surface area contributed by atoms with Crippen LogP contribution in [0.15, 0.2) is 18.2 Å². The molecule has 0 bridgehead atoms. The van der Waals surface area contributed by atoms with E-state index in [0.717, 1.165) is 23.2 Å². The third-order valence-electron chi connectivity index (χ3n) is 2.65. The van der Waals surface area contributed by atoms with Crippen molar-refractivity contribution in [3.63, 3.8) is 0 Å². The molecule has 0 fully saturated rings. The number of nitrogens with one attached hydrogen (secondary N) is 1. The molecule has 1 aromatic carbocycles. The van der Waals surface area contributed by atoms with E-state index in [9.17, 15) is 13.6 Å². The van der Waals surface area contributed by atoms with Crippen LogP contribution >= 0.6 is 0 Å². The van der Waals surface area contributed by atoms with Crippen molar-refractivity contribution in [3.8, 4) is 0 Å². The maximum atomic E-state index is 11.0. The number of hydrogen-bond donors (Lipinski definition) is 1. The Morgan fingerprint density at radius 1 is 1.50 bits per heavy atom. The van der Waals surface area contributed by atoms with E-state index in [-0.39, 0.29) is 39.3 Å². The average molecular weight is 370 g/mol. The van der Waals surface area contributed by atoms with E-state index in [0.29, 0.717) is 6.54 Å². The van der Waals surface area contributed by atoms with Crippen molar-refractivity contribution >= 4 is 23.4 Å². The zero-order valence-corrected chi connectivity index (χ0v) is 15.2. The van der Waals surface area contributed by atoms with Crippen LogP contribution in [0, 0.1) is 6.42 Å². The Labute approximate surface area is 147 Å². The molecule has 5 nitrogen and oxygen atoms in total. The van der Waals surface area contributed by atoms with Crippen molar-refractivity contribution in [1.82, 2.24) is 4.72 Å². The van der Waals surface area contributed by atoms with Gasteiger partial charge in [0.05, 0.1) is 6.41 Å². The molecule has 1 aromatic rings. The largest absolute Gasteiger partial charge is 0.760 e. The summed E-state index contributed by atoms with van der Waals surface area (Å²) in [4.78, 5) is 12.5. The maximum Gasteiger partial charge on any atom is 0.0719 e. The van der Waals surface area contributed by atoms with Crippen LogP contribution in [-0.4, -0.2) is 21.7 Å². The van der Waals surface area contributed by atoms with Crippen LogP contribution in [-0.2, 0) is 55.3 Å². The molecule has 0 aliphatic carbocycles. The zero-order valence-electron chi connectivity index (χ0n) is 11.6. The molecule has 1 amide bonds. The number of nitrogens with zero attached hydrogens (tertiary/aromatic N) is 1. The fourth-order valence-electron chi connectivity index (χ4n) is 1.77. The van der Waals surface area contributed by atoms with E-state index in [2.05, 4.69) is 4.72 Å². The van der Waals surface area contributed by atoms with Crippen LogP contribution in [0.5, 0.6) is 0 Å². The van der Waals surface area contributed by atoms with E-state index >= 15 is 0 Å². The Bertz CT molecular complexity index is 457. The molecule has 20 heavy (non-hydrogen) atoms. The topological polar surface area (TPSA) is 72.5 Å². The van der Waals surface area contributed by atoms with Gasteiger partial charge in [0.15, 0.2) is 0 Å². The first-order chi connectivity index (χ1) is 9.12. The average Bonchev–Trinajstić information content (AvgIpc) is 2.42. The number of rotatable bonds is 8. The Morgan fingerprint density at radius 3 is 2.70 bits per heavy atom. The smallest absolute Gasteiger partial charge is 0.0719 e. The van der Waals surface area contributed by atoms with Crippen molar-refractivity contribution in [2.24, 2.45) is 0 Å². The Kier molecular flexibility index (Phi) is 10.3. The Hall–Kier alpha value is -0.266. The fraction of sp³-hybridized carbons (Fsp3) is 0.385. The summed E-state index contributed by atoms with van der Waals surface area (Å²) in [6.45, 7) is 4.70. The second-order valence-electron chi connectivity index (χ2n) is 3.98. The summed E-state index contributed by atoms with van der Waals surface area (Å²) in [6, 6.07) is 5.46. The van der Waals surface area contributed by atoms with E-state index in [1.54, 1.807) is 12.1 Å². The summed E-state index contributed by atoms with van der Waals surface area (Å²) >= 11 is -2.28. The van der Waals surface area contributed by atoms with Crippen molar-refractivity contribution < 1.29 is 46.3 Å². The monoisotopic (exact) mass is 370 g/mol. The van der Waals surface area contributed by atoms with Gasteiger partial charge in [0, 0.05) is 50.5 Å². The van der Waals surface area contributed by atoms with Gasteiger partial charge in [-0.15, -0.1) is 11.8 Å². The van der Waals surface area contributed by atoms with Gasteiger partial charge >= 0.3 is 0 Å². The first kappa shape index (κ1) is 19.7. The van der Waals surface area contributed by atoms with Gasteiger partial charge in [0.25, 0.3) is 0 Å². The summed E-state index contributed by atoms with van der Waals surface area (Å²) in [5, 5.41) is 0. The predicted octanol–water partition coefficient (Wildman–Crippen LogP) is 1.42. The molecule has 0 aromatic heterocycles. The van der Waals surface area contributed by atoms with Crippen LogP contribution in [0.1, 0.15) is 31.4 Å². The molecule has 7 heteroatoms. The van der Waals surface area contributed by atoms with Crippen LogP contribution < -0.4 is 9.62 Å². The molecule has 1 radical (unpaired) electrons. The number of carbonyl (C=O) groups excluding carboxylic acids is 1. The van der Waals surface area contributed by atoms with Crippen molar-refractivity contribution in [2.45, 2.75) is 26.8 Å². The molecule has 0 saturated carbocycles. The van der Waals surface area contributed by atoms with Crippen LogP contribution in [0.25, 0.3) is 0 Å². The molecule has 109 valence electrons. The fourth-order valence-corrected chi connectivity index (χ4v) is 2.06. The van der Waals surface area contributed by atoms with Gasteiger partial charge in [0.1, 0.15) is 0 Å². The first-order valence-electron chi connectivity index (χ1n) is 6.02. The van der Waals surface area contributed by atoms with E-state index in [1.807, 2.05) is 32.7 Å².